The number of hydrogen-bond acceptors (Lipinski definition) is 1. The van der Waals surface area contributed by atoms with E-state index in [-0.39, 0.29) is 11.6 Å². The van der Waals surface area contributed by atoms with Gasteiger partial charge in [-0.2, -0.15) is 0 Å². The molecule has 0 N–H and O–H groups in total. The first-order chi connectivity index (χ1) is 9.65. The quantitative estimate of drug-likeness (QED) is 0.788. The normalized spacial score (nSPS) is 17.9. The largest absolute Gasteiger partial charge is 0.364 e. The van der Waals surface area contributed by atoms with Crippen LogP contribution in [0.2, 0.25) is 0 Å². The number of anilines is 1. The van der Waals surface area contributed by atoms with Gasteiger partial charge in [0.2, 0.25) is 0 Å². The molecule has 20 heavy (non-hydrogen) atoms. The Bertz CT molecular complexity index is 624. The summed E-state index contributed by atoms with van der Waals surface area (Å²) in [5.41, 5.74) is 2.71. The molecule has 3 heteroatoms. The van der Waals surface area contributed by atoms with Crippen LogP contribution in [-0.4, -0.2) is 6.04 Å². The first-order valence-electron chi connectivity index (χ1n) is 6.93. The van der Waals surface area contributed by atoms with E-state index in [0.717, 1.165) is 24.1 Å². The summed E-state index contributed by atoms with van der Waals surface area (Å²) in [4.78, 5) is 2.16. The highest BCUT2D eigenvalue weighted by Gasteiger charge is 2.24. The van der Waals surface area contributed by atoms with E-state index in [0.29, 0.717) is 18.2 Å². The van der Waals surface area contributed by atoms with Crippen LogP contribution in [0.5, 0.6) is 0 Å². The van der Waals surface area contributed by atoms with Gasteiger partial charge in [0.05, 0.1) is 0 Å². The van der Waals surface area contributed by atoms with E-state index in [4.69, 9.17) is 0 Å². The molecule has 0 aromatic heterocycles. The van der Waals surface area contributed by atoms with Crippen molar-refractivity contribution >= 4 is 5.69 Å². The Morgan fingerprint density at radius 1 is 1.15 bits per heavy atom. The van der Waals surface area contributed by atoms with Gasteiger partial charge in [-0.05, 0) is 49.6 Å². The molecule has 1 unspecified atom stereocenters. The number of fused-ring (bicyclic) bond motifs is 1. The lowest BCUT2D eigenvalue weighted by Crippen LogP contribution is -2.37. The van der Waals surface area contributed by atoms with Crippen LogP contribution in [0.15, 0.2) is 42.5 Å². The molecular weight excluding hydrogens is 256 g/mol. The van der Waals surface area contributed by atoms with E-state index in [1.54, 1.807) is 24.3 Å². The molecule has 0 fully saturated rings. The second kappa shape index (κ2) is 5.23. The zero-order chi connectivity index (χ0) is 14.1. The van der Waals surface area contributed by atoms with Crippen molar-refractivity contribution in [1.82, 2.24) is 0 Å². The van der Waals surface area contributed by atoms with Crippen LogP contribution in [0.4, 0.5) is 14.5 Å². The molecule has 0 saturated carbocycles. The van der Waals surface area contributed by atoms with Crippen LogP contribution in [0.3, 0.4) is 0 Å². The van der Waals surface area contributed by atoms with Crippen LogP contribution >= 0.6 is 0 Å². The molecule has 0 amide bonds. The third kappa shape index (κ3) is 2.40. The maximum absolute atomic E-state index is 13.8. The summed E-state index contributed by atoms with van der Waals surface area (Å²) in [7, 11) is 0. The summed E-state index contributed by atoms with van der Waals surface area (Å²) in [5.74, 6) is -0.391. The summed E-state index contributed by atoms with van der Waals surface area (Å²) in [6.07, 6.45) is 1.84. The monoisotopic (exact) mass is 273 g/mol. The van der Waals surface area contributed by atoms with Crippen molar-refractivity contribution in [2.75, 3.05) is 4.90 Å². The Balaban J connectivity index is 1.95. The molecule has 0 aliphatic carbocycles. The van der Waals surface area contributed by atoms with E-state index in [1.807, 2.05) is 6.07 Å². The SMILES string of the molecule is CC1CCc2cc(F)ccc2N1Cc1ccccc1F. The minimum absolute atomic E-state index is 0.186. The number of halogens is 2. The predicted octanol–water partition coefficient (Wildman–Crippen LogP) is 4.31. The number of aryl methyl sites for hydroxylation is 1. The van der Waals surface area contributed by atoms with Gasteiger partial charge in [0, 0.05) is 23.8 Å². The van der Waals surface area contributed by atoms with E-state index >= 15 is 0 Å². The molecular formula is C17H17F2N. The maximum atomic E-state index is 13.8. The second-order valence-electron chi connectivity index (χ2n) is 5.38. The summed E-state index contributed by atoms with van der Waals surface area (Å²) in [5, 5.41) is 0. The minimum Gasteiger partial charge on any atom is -0.364 e. The smallest absolute Gasteiger partial charge is 0.128 e. The van der Waals surface area contributed by atoms with E-state index < -0.39 is 0 Å². The molecule has 1 heterocycles. The zero-order valence-electron chi connectivity index (χ0n) is 11.4. The lowest BCUT2D eigenvalue weighted by atomic mass is 9.96. The fourth-order valence-corrected chi connectivity index (χ4v) is 2.84. The van der Waals surface area contributed by atoms with Gasteiger partial charge < -0.3 is 4.90 Å². The molecule has 104 valence electrons. The molecule has 2 aromatic rings. The average Bonchev–Trinajstić information content (AvgIpc) is 2.44. The summed E-state index contributed by atoms with van der Waals surface area (Å²) < 4.78 is 27.2. The van der Waals surface area contributed by atoms with Crippen LogP contribution < -0.4 is 4.90 Å². The zero-order valence-corrected chi connectivity index (χ0v) is 11.4. The summed E-state index contributed by atoms with van der Waals surface area (Å²) >= 11 is 0. The van der Waals surface area contributed by atoms with Crippen LogP contribution in [-0.2, 0) is 13.0 Å². The number of nitrogens with zero attached hydrogens (tertiary/aromatic N) is 1. The number of rotatable bonds is 2. The van der Waals surface area contributed by atoms with Crippen molar-refractivity contribution < 1.29 is 8.78 Å². The van der Waals surface area contributed by atoms with Gasteiger partial charge in [0.25, 0.3) is 0 Å². The highest BCUT2D eigenvalue weighted by atomic mass is 19.1. The van der Waals surface area contributed by atoms with Gasteiger partial charge in [-0.15, -0.1) is 0 Å². The van der Waals surface area contributed by atoms with Crippen LogP contribution in [0.1, 0.15) is 24.5 Å². The molecule has 3 rings (SSSR count). The van der Waals surface area contributed by atoms with Crippen molar-refractivity contribution in [1.29, 1.82) is 0 Å². The third-order valence-electron chi connectivity index (χ3n) is 4.01. The van der Waals surface area contributed by atoms with Gasteiger partial charge in [-0.1, -0.05) is 18.2 Å². The fourth-order valence-electron chi connectivity index (χ4n) is 2.84. The van der Waals surface area contributed by atoms with E-state index in [1.165, 1.54) is 12.1 Å². The first kappa shape index (κ1) is 13.1. The molecule has 0 saturated heterocycles. The highest BCUT2D eigenvalue weighted by molar-refractivity contribution is 5.57. The van der Waals surface area contributed by atoms with Crippen molar-refractivity contribution in [2.24, 2.45) is 0 Å². The van der Waals surface area contributed by atoms with Crippen molar-refractivity contribution in [3.8, 4) is 0 Å². The van der Waals surface area contributed by atoms with Crippen molar-refractivity contribution in [3.63, 3.8) is 0 Å². The van der Waals surface area contributed by atoms with Crippen molar-refractivity contribution in [2.45, 2.75) is 32.4 Å². The predicted molar refractivity (Wildman–Crippen MR) is 76.8 cm³/mol. The second-order valence-corrected chi connectivity index (χ2v) is 5.38. The van der Waals surface area contributed by atoms with Gasteiger partial charge in [-0.3, -0.25) is 0 Å². The van der Waals surface area contributed by atoms with E-state index in [2.05, 4.69) is 11.8 Å². The molecule has 1 nitrogen and oxygen atoms in total. The lowest BCUT2D eigenvalue weighted by molar-refractivity contribution is 0.539. The van der Waals surface area contributed by atoms with Crippen LogP contribution in [0.25, 0.3) is 0 Å². The molecule has 0 spiro atoms. The number of benzene rings is 2. The number of hydrogen-bond donors (Lipinski definition) is 0. The topological polar surface area (TPSA) is 3.24 Å². The standard InChI is InChI=1S/C17H17F2N/c1-12-6-7-13-10-15(18)8-9-17(13)20(12)11-14-4-2-3-5-16(14)19/h2-5,8-10,12H,6-7,11H2,1H3. The Labute approximate surface area is 117 Å². The van der Waals surface area contributed by atoms with Crippen molar-refractivity contribution in [3.05, 3.63) is 65.2 Å². The van der Waals surface area contributed by atoms with Gasteiger partial charge >= 0.3 is 0 Å². The summed E-state index contributed by atoms with van der Waals surface area (Å²) in [6, 6.07) is 12.0. The first-order valence-corrected chi connectivity index (χ1v) is 6.93. The average molecular weight is 273 g/mol. The molecule has 1 aliphatic heterocycles. The van der Waals surface area contributed by atoms with E-state index in [9.17, 15) is 8.78 Å². The molecule has 0 bridgehead atoms. The molecule has 2 aromatic carbocycles. The fraction of sp³-hybridized carbons (Fsp3) is 0.294. The molecule has 1 atom stereocenters. The Morgan fingerprint density at radius 3 is 2.75 bits per heavy atom. The Hall–Kier alpha value is -1.90. The maximum Gasteiger partial charge on any atom is 0.128 e. The minimum atomic E-state index is -0.204. The third-order valence-corrected chi connectivity index (χ3v) is 4.01. The molecule has 1 aliphatic rings. The lowest BCUT2D eigenvalue weighted by Gasteiger charge is -2.37. The van der Waals surface area contributed by atoms with Gasteiger partial charge in [-0.25, -0.2) is 8.78 Å². The van der Waals surface area contributed by atoms with Gasteiger partial charge in [0.1, 0.15) is 11.6 Å². The van der Waals surface area contributed by atoms with Crippen LogP contribution in [0, 0.1) is 11.6 Å². The highest BCUT2D eigenvalue weighted by Crippen LogP contribution is 2.32. The summed E-state index contributed by atoms with van der Waals surface area (Å²) in [6.45, 7) is 2.65. The van der Waals surface area contributed by atoms with Gasteiger partial charge in [0.15, 0.2) is 0 Å². The molecule has 0 radical (unpaired) electrons. The Morgan fingerprint density at radius 2 is 1.95 bits per heavy atom. The Kier molecular flexibility index (Phi) is 3.43.